The summed E-state index contributed by atoms with van der Waals surface area (Å²) < 4.78 is 0. The Morgan fingerprint density at radius 1 is 1.00 bits per heavy atom. The summed E-state index contributed by atoms with van der Waals surface area (Å²) >= 11 is 0. The lowest BCUT2D eigenvalue weighted by Gasteiger charge is -2.35. The minimum atomic E-state index is -0.218. The molecule has 7 heteroatoms. The quantitative estimate of drug-likeness (QED) is 0.842. The van der Waals surface area contributed by atoms with E-state index in [9.17, 15) is 9.59 Å². The number of benzene rings is 1. The molecule has 1 aromatic carbocycles. The highest BCUT2D eigenvalue weighted by Gasteiger charge is 2.49. The molecule has 1 saturated carbocycles. The van der Waals surface area contributed by atoms with Gasteiger partial charge in [0, 0.05) is 57.8 Å². The molecule has 29 heavy (non-hydrogen) atoms. The summed E-state index contributed by atoms with van der Waals surface area (Å²) in [6.45, 7) is 2.88. The molecule has 1 aliphatic carbocycles. The number of hydrogen-bond acceptors (Lipinski definition) is 5. The van der Waals surface area contributed by atoms with Crippen LogP contribution in [0.4, 0.5) is 17.2 Å². The van der Waals surface area contributed by atoms with E-state index in [1.54, 1.807) is 6.20 Å². The number of nitrogens with one attached hydrogen (secondary N) is 1. The van der Waals surface area contributed by atoms with E-state index in [1.165, 1.54) is 0 Å². The number of hydrogen-bond donors (Lipinski definition) is 1. The van der Waals surface area contributed by atoms with Crippen molar-refractivity contribution in [3.63, 3.8) is 0 Å². The second-order valence-corrected chi connectivity index (χ2v) is 7.88. The van der Waals surface area contributed by atoms with Gasteiger partial charge < -0.3 is 20.0 Å². The zero-order valence-corrected chi connectivity index (χ0v) is 16.9. The Labute approximate surface area is 171 Å². The first kappa shape index (κ1) is 19.2. The zero-order chi connectivity index (χ0) is 20.4. The number of anilines is 3. The van der Waals surface area contributed by atoms with Gasteiger partial charge in [-0.25, -0.2) is 4.98 Å². The van der Waals surface area contributed by atoms with Gasteiger partial charge in [-0.2, -0.15) is 0 Å². The lowest BCUT2D eigenvalue weighted by Crippen LogP contribution is -2.49. The van der Waals surface area contributed by atoms with E-state index >= 15 is 0 Å². The van der Waals surface area contributed by atoms with Gasteiger partial charge in [-0.1, -0.05) is 6.07 Å². The molecule has 1 aliphatic heterocycles. The standard InChI is InChI=1S/C22H27N5O2/c1-25(2)17-8-6-16(7-9-17)24-21(28)18-15-19(18)22(29)27-13-11-26(12-14-27)20-5-3-4-10-23-20/h3-10,18-19H,11-15H2,1-2H3,(H,24,28). The van der Waals surface area contributed by atoms with Gasteiger partial charge >= 0.3 is 0 Å². The molecule has 1 aromatic heterocycles. The van der Waals surface area contributed by atoms with Crippen LogP contribution in [0.15, 0.2) is 48.7 Å². The number of pyridine rings is 1. The van der Waals surface area contributed by atoms with E-state index in [-0.39, 0.29) is 23.7 Å². The average molecular weight is 393 g/mol. The van der Waals surface area contributed by atoms with Crippen LogP contribution in [-0.2, 0) is 9.59 Å². The summed E-state index contributed by atoms with van der Waals surface area (Å²) in [5, 5.41) is 2.94. The molecule has 0 spiro atoms. The minimum absolute atomic E-state index is 0.0620. The van der Waals surface area contributed by atoms with Crippen LogP contribution < -0.4 is 15.1 Å². The predicted molar refractivity (Wildman–Crippen MR) is 114 cm³/mol. The smallest absolute Gasteiger partial charge is 0.228 e. The molecule has 2 heterocycles. The van der Waals surface area contributed by atoms with Gasteiger partial charge in [0.15, 0.2) is 0 Å². The number of aromatic nitrogens is 1. The Hall–Kier alpha value is -3.09. The maximum absolute atomic E-state index is 12.8. The van der Waals surface area contributed by atoms with Crippen LogP contribution in [-0.4, -0.2) is 62.0 Å². The third-order valence-corrected chi connectivity index (χ3v) is 5.66. The first-order valence-corrected chi connectivity index (χ1v) is 10.1. The molecule has 4 rings (SSSR count). The molecule has 0 bridgehead atoms. The first-order valence-electron chi connectivity index (χ1n) is 10.1. The maximum Gasteiger partial charge on any atom is 0.228 e. The van der Waals surface area contributed by atoms with E-state index < -0.39 is 0 Å². The topological polar surface area (TPSA) is 68.8 Å². The number of nitrogens with zero attached hydrogens (tertiary/aromatic N) is 4. The van der Waals surface area contributed by atoms with Gasteiger partial charge in [-0.3, -0.25) is 9.59 Å². The van der Waals surface area contributed by atoms with E-state index in [4.69, 9.17) is 0 Å². The van der Waals surface area contributed by atoms with Crippen LogP contribution in [0.25, 0.3) is 0 Å². The fourth-order valence-corrected chi connectivity index (χ4v) is 3.77. The number of rotatable bonds is 5. The van der Waals surface area contributed by atoms with E-state index in [0.717, 1.165) is 30.3 Å². The fourth-order valence-electron chi connectivity index (χ4n) is 3.77. The molecule has 2 unspecified atom stereocenters. The van der Waals surface area contributed by atoms with Crippen molar-refractivity contribution in [2.45, 2.75) is 6.42 Å². The van der Waals surface area contributed by atoms with Crippen molar-refractivity contribution >= 4 is 29.0 Å². The van der Waals surface area contributed by atoms with Crippen LogP contribution in [0.1, 0.15) is 6.42 Å². The van der Waals surface area contributed by atoms with E-state index in [1.807, 2.05) is 66.4 Å². The van der Waals surface area contributed by atoms with Crippen molar-refractivity contribution in [3.05, 3.63) is 48.7 Å². The van der Waals surface area contributed by atoms with Gasteiger partial charge in [0.2, 0.25) is 11.8 Å². The minimum Gasteiger partial charge on any atom is -0.378 e. The summed E-state index contributed by atoms with van der Waals surface area (Å²) in [6.07, 6.45) is 2.43. The fraction of sp³-hybridized carbons (Fsp3) is 0.409. The lowest BCUT2D eigenvalue weighted by molar-refractivity contribution is -0.134. The van der Waals surface area contributed by atoms with Crippen molar-refractivity contribution in [1.82, 2.24) is 9.88 Å². The van der Waals surface area contributed by atoms with Crippen LogP contribution in [0.5, 0.6) is 0 Å². The molecule has 152 valence electrons. The highest BCUT2D eigenvalue weighted by Crippen LogP contribution is 2.41. The summed E-state index contributed by atoms with van der Waals surface area (Å²) in [5.74, 6) is 0.590. The number of amides is 2. The highest BCUT2D eigenvalue weighted by atomic mass is 16.2. The summed E-state index contributed by atoms with van der Waals surface area (Å²) in [7, 11) is 3.95. The Kier molecular flexibility index (Phi) is 5.38. The van der Waals surface area contributed by atoms with Gasteiger partial charge in [0.25, 0.3) is 0 Å². The van der Waals surface area contributed by atoms with Crippen molar-refractivity contribution < 1.29 is 9.59 Å². The summed E-state index contributed by atoms with van der Waals surface area (Å²) in [5.41, 5.74) is 1.84. The molecule has 7 nitrogen and oxygen atoms in total. The predicted octanol–water partition coefficient (Wildman–Crippen LogP) is 2.07. The molecule has 1 saturated heterocycles. The highest BCUT2D eigenvalue weighted by molar-refractivity contribution is 5.99. The Morgan fingerprint density at radius 3 is 2.34 bits per heavy atom. The summed E-state index contributed by atoms with van der Waals surface area (Å²) in [4.78, 5) is 35.8. The van der Waals surface area contributed by atoms with Gasteiger partial charge in [0.05, 0.1) is 11.8 Å². The van der Waals surface area contributed by atoms with Gasteiger partial charge in [-0.05, 0) is 42.8 Å². The number of carbonyl (C=O) groups excluding carboxylic acids is 2. The lowest BCUT2D eigenvalue weighted by atomic mass is 10.2. The molecule has 2 aliphatic rings. The van der Waals surface area contributed by atoms with Crippen LogP contribution in [0.2, 0.25) is 0 Å². The normalized spacial score (nSPS) is 20.9. The monoisotopic (exact) mass is 393 g/mol. The maximum atomic E-state index is 12.8. The molecule has 2 fully saturated rings. The number of piperazine rings is 1. The Balaban J connectivity index is 1.26. The van der Waals surface area contributed by atoms with Crippen molar-refractivity contribution in [2.75, 3.05) is 55.4 Å². The second-order valence-electron chi connectivity index (χ2n) is 7.88. The Bertz CT molecular complexity index is 861. The Morgan fingerprint density at radius 2 is 1.72 bits per heavy atom. The molecule has 2 aromatic rings. The average Bonchev–Trinajstić information content (AvgIpc) is 3.55. The van der Waals surface area contributed by atoms with E-state index in [0.29, 0.717) is 19.5 Å². The SMILES string of the molecule is CN(C)c1ccc(NC(=O)C2CC2C(=O)N2CCN(c3ccccn3)CC2)cc1. The molecule has 2 atom stereocenters. The van der Waals surface area contributed by atoms with Gasteiger partial charge in [0.1, 0.15) is 5.82 Å². The molecule has 2 amide bonds. The second kappa shape index (κ2) is 8.11. The van der Waals surface area contributed by atoms with Crippen LogP contribution in [0, 0.1) is 11.8 Å². The van der Waals surface area contributed by atoms with E-state index in [2.05, 4.69) is 15.2 Å². The van der Waals surface area contributed by atoms with Gasteiger partial charge in [-0.15, -0.1) is 0 Å². The number of carbonyl (C=O) groups is 2. The van der Waals surface area contributed by atoms with Crippen LogP contribution in [0.3, 0.4) is 0 Å². The molecular weight excluding hydrogens is 366 g/mol. The van der Waals surface area contributed by atoms with Crippen molar-refractivity contribution in [1.29, 1.82) is 0 Å². The largest absolute Gasteiger partial charge is 0.378 e. The summed E-state index contributed by atoms with van der Waals surface area (Å²) in [6, 6.07) is 13.6. The third kappa shape index (κ3) is 4.34. The zero-order valence-electron chi connectivity index (χ0n) is 16.9. The van der Waals surface area contributed by atoms with Crippen LogP contribution >= 0.6 is 0 Å². The van der Waals surface area contributed by atoms with Crippen molar-refractivity contribution in [3.8, 4) is 0 Å². The molecular formula is C22H27N5O2. The molecule has 1 N–H and O–H groups in total. The third-order valence-electron chi connectivity index (χ3n) is 5.66. The molecule has 0 radical (unpaired) electrons. The first-order chi connectivity index (χ1) is 14.0. The van der Waals surface area contributed by atoms with Crippen molar-refractivity contribution in [2.24, 2.45) is 11.8 Å².